The van der Waals surface area contributed by atoms with E-state index in [-0.39, 0.29) is 24.3 Å². The summed E-state index contributed by atoms with van der Waals surface area (Å²) in [4.78, 5) is 33.2. The minimum Gasteiger partial charge on any atom is -0.466 e. The SMILES string of the molecule is CCOC(=O)C1CCCN(c2nc(-c3csc4ccccc34)ccc2C(=O)NCc2nnc(-c3ccccc3)o2)C1. The third-order valence-electron chi connectivity index (χ3n) is 7.11. The van der Waals surface area contributed by atoms with Gasteiger partial charge in [0.25, 0.3) is 5.91 Å². The molecule has 0 aliphatic carbocycles. The summed E-state index contributed by atoms with van der Waals surface area (Å²) in [6, 6.07) is 21.3. The highest BCUT2D eigenvalue weighted by atomic mass is 32.1. The average molecular weight is 568 g/mol. The first-order valence-electron chi connectivity index (χ1n) is 13.7. The zero-order valence-electron chi connectivity index (χ0n) is 22.6. The molecule has 0 spiro atoms. The summed E-state index contributed by atoms with van der Waals surface area (Å²) < 4.78 is 12.2. The highest BCUT2D eigenvalue weighted by molar-refractivity contribution is 7.17. The molecule has 2 aromatic carbocycles. The number of nitrogens with one attached hydrogen (secondary N) is 1. The monoisotopic (exact) mass is 567 g/mol. The van der Waals surface area contributed by atoms with Crippen LogP contribution < -0.4 is 10.2 Å². The molecule has 1 aliphatic heterocycles. The number of aromatic nitrogens is 3. The molecule has 6 rings (SSSR count). The predicted octanol–water partition coefficient (Wildman–Crippen LogP) is 5.72. The number of rotatable bonds is 8. The van der Waals surface area contributed by atoms with E-state index in [2.05, 4.69) is 33.0 Å². The maximum absolute atomic E-state index is 13.5. The molecule has 3 aromatic heterocycles. The molecular weight excluding hydrogens is 538 g/mol. The molecule has 0 radical (unpaired) electrons. The fourth-order valence-corrected chi connectivity index (χ4v) is 6.04. The minimum absolute atomic E-state index is 0.0699. The lowest BCUT2D eigenvalue weighted by molar-refractivity contribution is -0.148. The van der Waals surface area contributed by atoms with Crippen LogP contribution in [0.2, 0.25) is 0 Å². The average Bonchev–Trinajstić information content (AvgIpc) is 3.68. The van der Waals surface area contributed by atoms with E-state index in [1.165, 1.54) is 4.70 Å². The third-order valence-corrected chi connectivity index (χ3v) is 8.07. The minimum atomic E-state index is -0.313. The number of nitrogens with zero attached hydrogens (tertiary/aromatic N) is 4. The maximum Gasteiger partial charge on any atom is 0.310 e. The lowest BCUT2D eigenvalue weighted by atomic mass is 9.97. The van der Waals surface area contributed by atoms with Crippen LogP contribution in [0.1, 0.15) is 36.0 Å². The van der Waals surface area contributed by atoms with Crippen molar-refractivity contribution in [3.63, 3.8) is 0 Å². The molecule has 208 valence electrons. The van der Waals surface area contributed by atoms with E-state index in [1.807, 2.05) is 60.4 Å². The number of hydrogen-bond donors (Lipinski definition) is 1. The fourth-order valence-electron chi connectivity index (χ4n) is 5.09. The Labute approximate surface area is 241 Å². The molecule has 1 fully saturated rings. The number of carbonyl (C=O) groups excluding carboxylic acids is 2. The summed E-state index contributed by atoms with van der Waals surface area (Å²) in [7, 11) is 0. The second kappa shape index (κ2) is 11.9. The molecule has 10 heteroatoms. The number of anilines is 1. The van der Waals surface area contributed by atoms with Crippen molar-refractivity contribution in [2.75, 3.05) is 24.6 Å². The van der Waals surface area contributed by atoms with Crippen LogP contribution in [0.3, 0.4) is 0 Å². The Morgan fingerprint density at radius 2 is 1.90 bits per heavy atom. The Morgan fingerprint density at radius 1 is 1.07 bits per heavy atom. The van der Waals surface area contributed by atoms with Crippen molar-refractivity contribution in [3.05, 3.63) is 83.6 Å². The largest absolute Gasteiger partial charge is 0.466 e. The summed E-state index contributed by atoms with van der Waals surface area (Å²) >= 11 is 1.66. The van der Waals surface area contributed by atoms with Gasteiger partial charge in [-0.15, -0.1) is 21.5 Å². The smallest absolute Gasteiger partial charge is 0.310 e. The van der Waals surface area contributed by atoms with E-state index in [0.29, 0.717) is 42.9 Å². The topological polar surface area (TPSA) is 110 Å². The molecule has 1 unspecified atom stereocenters. The van der Waals surface area contributed by atoms with E-state index < -0.39 is 0 Å². The van der Waals surface area contributed by atoms with Gasteiger partial charge < -0.3 is 19.4 Å². The Balaban J connectivity index is 1.29. The summed E-state index contributed by atoms with van der Waals surface area (Å²) in [6.45, 7) is 3.33. The summed E-state index contributed by atoms with van der Waals surface area (Å²) in [5, 5.41) is 14.3. The molecule has 4 heterocycles. The first-order valence-corrected chi connectivity index (χ1v) is 14.5. The molecule has 0 bridgehead atoms. The van der Waals surface area contributed by atoms with Crippen LogP contribution in [0.15, 0.2) is 76.5 Å². The standard InChI is InChI=1S/C31H29N5O4S/c1-2-39-31(38)21-11-8-16-36(18-21)28-23(14-15-25(33-28)24-19-41-26-13-7-6-12-22(24)26)29(37)32-17-27-34-35-30(40-27)20-9-4-3-5-10-20/h3-7,9-10,12-15,19,21H,2,8,11,16-18H2,1H3,(H,32,37). The van der Waals surface area contributed by atoms with Gasteiger partial charge in [0.1, 0.15) is 5.82 Å². The number of carbonyl (C=O) groups is 2. The van der Waals surface area contributed by atoms with Crippen molar-refractivity contribution in [2.45, 2.75) is 26.3 Å². The maximum atomic E-state index is 13.5. The Bertz CT molecular complexity index is 1680. The van der Waals surface area contributed by atoms with Crippen molar-refractivity contribution in [1.82, 2.24) is 20.5 Å². The van der Waals surface area contributed by atoms with Crippen molar-refractivity contribution in [2.24, 2.45) is 5.92 Å². The normalized spacial score (nSPS) is 15.1. The summed E-state index contributed by atoms with van der Waals surface area (Å²) in [6.07, 6.45) is 1.54. The van der Waals surface area contributed by atoms with Gasteiger partial charge in [-0.2, -0.15) is 0 Å². The van der Waals surface area contributed by atoms with E-state index in [0.717, 1.165) is 35.0 Å². The van der Waals surface area contributed by atoms with Gasteiger partial charge in [-0.05, 0) is 50.1 Å². The number of esters is 1. The highest BCUT2D eigenvalue weighted by Gasteiger charge is 2.30. The molecule has 1 aliphatic rings. The Kier molecular flexibility index (Phi) is 7.73. The number of thiophene rings is 1. The molecule has 9 nitrogen and oxygen atoms in total. The molecule has 0 saturated carbocycles. The second-order valence-corrected chi connectivity index (χ2v) is 10.7. The lowest BCUT2D eigenvalue weighted by Gasteiger charge is -2.33. The van der Waals surface area contributed by atoms with Crippen LogP contribution in [0.5, 0.6) is 0 Å². The van der Waals surface area contributed by atoms with Gasteiger partial charge in [0.05, 0.1) is 30.3 Å². The summed E-state index contributed by atoms with van der Waals surface area (Å²) in [5.74, 6) is 0.429. The van der Waals surface area contributed by atoms with Crippen molar-refractivity contribution >= 4 is 39.1 Å². The van der Waals surface area contributed by atoms with E-state index in [4.69, 9.17) is 14.1 Å². The number of amides is 1. The van der Waals surface area contributed by atoms with Gasteiger partial charge in [0.2, 0.25) is 11.8 Å². The molecule has 41 heavy (non-hydrogen) atoms. The van der Waals surface area contributed by atoms with E-state index in [9.17, 15) is 9.59 Å². The van der Waals surface area contributed by atoms with E-state index in [1.54, 1.807) is 17.4 Å². The van der Waals surface area contributed by atoms with Gasteiger partial charge in [-0.3, -0.25) is 9.59 Å². The lowest BCUT2D eigenvalue weighted by Crippen LogP contribution is -2.41. The van der Waals surface area contributed by atoms with Crippen LogP contribution in [-0.4, -0.2) is 46.8 Å². The van der Waals surface area contributed by atoms with Gasteiger partial charge in [-0.1, -0.05) is 36.4 Å². The van der Waals surface area contributed by atoms with E-state index >= 15 is 0 Å². The van der Waals surface area contributed by atoms with Gasteiger partial charge in [-0.25, -0.2) is 4.98 Å². The Morgan fingerprint density at radius 3 is 2.76 bits per heavy atom. The van der Waals surface area contributed by atoms with Crippen LogP contribution >= 0.6 is 11.3 Å². The number of fused-ring (bicyclic) bond motifs is 1. The van der Waals surface area contributed by atoms with Crippen molar-refractivity contribution < 1.29 is 18.7 Å². The zero-order valence-corrected chi connectivity index (χ0v) is 23.4. The molecule has 1 atom stereocenters. The van der Waals surface area contributed by atoms with Crippen LogP contribution in [0.25, 0.3) is 32.8 Å². The number of hydrogen-bond acceptors (Lipinski definition) is 9. The van der Waals surface area contributed by atoms with Crippen LogP contribution in [-0.2, 0) is 16.1 Å². The first kappa shape index (κ1) is 26.6. The number of piperidine rings is 1. The third kappa shape index (κ3) is 5.69. The van der Waals surface area contributed by atoms with Crippen LogP contribution in [0.4, 0.5) is 5.82 Å². The molecule has 1 N–H and O–H groups in total. The molecule has 5 aromatic rings. The first-order chi connectivity index (χ1) is 20.1. The van der Waals surface area contributed by atoms with Crippen molar-refractivity contribution in [1.29, 1.82) is 0 Å². The Hall–Kier alpha value is -4.57. The number of benzene rings is 2. The predicted molar refractivity (Wildman–Crippen MR) is 158 cm³/mol. The van der Waals surface area contributed by atoms with Crippen LogP contribution in [0, 0.1) is 5.92 Å². The number of ether oxygens (including phenoxy) is 1. The number of pyridine rings is 1. The van der Waals surface area contributed by atoms with Gasteiger partial charge in [0.15, 0.2) is 0 Å². The van der Waals surface area contributed by atoms with Crippen molar-refractivity contribution in [3.8, 4) is 22.7 Å². The highest BCUT2D eigenvalue weighted by Crippen LogP contribution is 2.35. The fraction of sp³-hybridized carbons (Fsp3) is 0.258. The quantitative estimate of drug-likeness (QED) is 0.237. The zero-order chi connectivity index (χ0) is 28.2. The van der Waals surface area contributed by atoms with Gasteiger partial charge in [0, 0.05) is 39.7 Å². The molecular formula is C31H29N5O4S. The second-order valence-electron chi connectivity index (χ2n) is 9.80. The molecule has 1 saturated heterocycles. The summed E-state index contributed by atoms with van der Waals surface area (Å²) in [5.41, 5.74) is 3.01. The van der Waals surface area contributed by atoms with Gasteiger partial charge >= 0.3 is 5.97 Å². The molecule has 1 amide bonds.